The van der Waals surface area contributed by atoms with Gasteiger partial charge in [-0.25, -0.2) is 0 Å². The minimum atomic E-state index is -0.365. The number of hydrogen-bond acceptors (Lipinski definition) is 3. The number of hydrogen-bond donors (Lipinski definition) is 1. The highest BCUT2D eigenvalue weighted by Crippen LogP contribution is 2.22. The highest BCUT2D eigenvalue weighted by molar-refractivity contribution is 5.47. The fraction of sp³-hybridized carbons (Fsp3) is 0.375. The van der Waals surface area contributed by atoms with Crippen LogP contribution >= 0.6 is 0 Å². The largest absolute Gasteiger partial charge is 0.469 e. The van der Waals surface area contributed by atoms with Crippen molar-refractivity contribution >= 4 is 5.69 Å². The van der Waals surface area contributed by atoms with E-state index < -0.39 is 0 Å². The van der Waals surface area contributed by atoms with Crippen LogP contribution in [0.25, 0.3) is 0 Å². The molecule has 0 radical (unpaired) electrons. The Morgan fingerprint density at radius 1 is 1.21 bits per heavy atom. The van der Waals surface area contributed by atoms with E-state index in [4.69, 9.17) is 4.42 Å². The molecule has 3 nitrogen and oxygen atoms in total. The second-order valence-corrected chi connectivity index (χ2v) is 4.87. The molecular weight excluding hydrogens is 238 g/mol. The average Bonchev–Trinajstić information content (AvgIpc) is 2.83. The molecule has 0 aliphatic rings. The first kappa shape index (κ1) is 13.7. The monoisotopic (exact) mass is 259 g/mol. The van der Waals surface area contributed by atoms with E-state index in [1.165, 1.54) is 5.56 Å². The molecule has 1 aromatic carbocycles. The van der Waals surface area contributed by atoms with Crippen molar-refractivity contribution in [3.8, 4) is 0 Å². The van der Waals surface area contributed by atoms with Crippen LogP contribution < -0.4 is 4.90 Å². The summed E-state index contributed by atoms with van der Waals surface area (Å²) in [5.41, 5.74) is 3.30. The van der Waals surface area contributed by atoms with Gasteiger partial charge in [-0.15, -0.1) is 0 Å². The summed E-state index contributed by atoms with van der Waals surface area (Å²) < 4.78 is 5.31. The summed E-state index contributed by atoms with van der Waals surface area (Å²) in [6.07, 6.45) is 2.10. The molecule has 1 N–H and O–H groups in total. The van der Waals surface area contributed by atoms with Crippen LogP contribution in [0, 0.1) is 6.92 Å². The third kappa shape index (κ3) is 3.18. The van der Waals surface area contributed by atoms with Gasteiger partial charge >= 0.3 is 0 Å². The second-order valence-electron chi connectivity index (χ2n) is 4.87. The first-order chi connectivity index (χ1) is 9.11. The number of aliphatic hydroxyl groups excluding tert-OH is 1. The van der Waals surface area contributed by atoms with Crippen molar-refractivity contribution < 1.29 is 9.52 Å². The zero-order valence-corrected chi connectivity index (χ0v) is 11.8. The zero-order chi connectivity index (χ0) is 13.8. The maximum atomic E-state index is 9.78. The first-order valence-electron chi connectivity index (χ1n) is 6.64. The van der Waals surface area contributed by atoms with Gasteiger partial charge in [0.1, 0.15) is 5.76 Å². The van der Waals surface area contributed by atoms with Gasteiger partial charge < -0.3 is 14.4 Å². The van der Waals surface area contributed by atoms with E-state index in [1.807, 2.05) is 44.2 Å². The Kier molecular flexibility index (Phi) is 4.27. The summed E-state index contributed by atoms with van der Waals surface area (Å²) in [5, 5.41) is 9.78. The van der Waals surface area contributed by atoms with E-state index in [-0.39, 0.29) is 6.10 Å². The number of furan rings is 1. The Bertz CT molecular complexity index is 516. The number of rotatable bonds is 5. The Balaban J connectivity index is 2.07. The molecule has 0 amide bonds. The van der Waals surface area contributed by atoms with Crippen molar-refractivity contribution in [2.24, 2.45) is 0 Å². The number of aryl methyl sites for hydroxylation is 1. The summed E-state index contributed by atoms with van der Waals surface area (Å²) in [4.78, 5) is 2.17. The van der Waals surface area contributed by atoms with E-state index in [0.29, 0.717) is 0 Å². The second kappa shape index (κ2) is 5.93. The number of nitrogens with zero attached hydrogens (tertiary/aromatic N) is 1. The lowest BCUT2D eigenvalue weighted by atomic mass is 10.1. The van der Waals surface area contributed by atoms with Gasteiger partial charge in [0.2, 0.25) is 0 Å². The highest BCUT2D eigenvalue weighted by Gasteiger charge is 2.08. The van der Waals surface area contributed by atoms with Gasteiger partial charge in [0.15, 0.2) is 0 Å². The molecule has 0 fully saturated rings. The molecule has 0 saturated carbocycles. The number of anilines is 1. The topological polar surface area (TPSA) is 36.6 Å². The van der Waals surface area contributed by atoms with Gasteiger partial charge in [0.05, 0.1) is 12.4 Å². The van der Waals surface area contributed by atoms with E-state index in [1.54, 1.807) is 6.26 Å². The molecule has 0 aliphatic heterocycles. The van der Waals surface area contributed by atoms with Gasteiger partial charge in [0.25, 0.3) is 0 Å². The SMILES string of the molecule is CC[C@@H](O)c1ccc(N(C)Cc2ccoc2C)cc1. The fourth-order valence-electron chi connectivity index (χ4n) is 2.11. The van der Waals surface area contributed by atoms with E-state index >= 15 is 0 Å². The molecule has 1 atom stereocenters. The van der Waals surface area contributed by atoms with Gasteiger partial charge in [-0.3, -0.25) is 0 Å². The molecule has 2 aromatic rings. The normalized spacial score (nSPS) is 12.4. The molecule has 0 aliphatic carbocycles. The lowest BCUT2D eigenvalue weighted by Gasteiger charge is -2.19. The van der Waals surface area contributed by atoms with Crippen LogP contribution in [0.2, 0.25) is 0 Å². The quantitative estimate of drug-likeness (QED) is 0.890. The van der Waals surface area contributed by atoms with E-state index in [2.05, 4.69) is 11.9 Å². The zero-order valence-electron chi connectivity index (χ0n) is 11.8. The van der Waals surface area contributed by atoms with Gasteiger partial charge in [0, 0.05) is 24.8 Å². The summed E-state index contributed by atoms with van der Waals surface area (Å²) in [5.74, 6) is 0.963. The average molecular weight is 259 g/mol. The van der Waals surface area contributed by atoms with Crippen molar-refractivity contribution in [3.05, 3.63) is 53.5 Å². The lowest BCUT2D eigenvalue weighted by Crippen LogP contribution is -2.16. The van der Waals surface area contributed by atoms with Crippen molar-refractivity contribution in [3.63, 3.8) is 0 Å². The Hall–Kier alpha value is -1.74. The van der Waals surface area contributed by atoms with Crippen molar-refractivity contribution in [1.82, 2.24) is 0 Å². The summed E-state index contributed by atoms with van der Waals surface area (Å²) in [6, 6.07) is 10.1. The minimum absolute atomic E-state index is 0.365. The standard InChI is InChI=1S/C16H21NO2/c1-4-16(18)13-5-7-15(8-6-13)17(3)11-14-9-10-19-12(14)2/h5-10,16,18H,4,11H2,1-3H3/t16-/m1/s1. The maximum absolute atomic E-state index is 9.78. The fourth-order valence-corrected chi connectivity index (χ4v) is 2.11. The van der Waals surface area contributed by atoms with Crippen molar-refractivity contribution in [2.75, 3.05) is 11.9 Å². The minimum Gasteiger partial charge on any atom is -0.469 e. The highest BCUT2D eigenvalue weighted by atomic mass is 16.3. The van der Waals surface area contributed by atoms with Crippen LogP contribution in [0.15, 0.2) is 41.0 Å². The Labute approximate surface area is 114 Å². The molecule has 1 heterocycles. The smallest absolute Gasteiger partial charge is 0.105 e. The molecule has 2 rings (SSSR count). The lowest BCUT2D eigenvalue weighted by molar-refractivity contribution is 0.173. The van der Waals surface area contributed by atoms with E-state index in [9.17, 15) is 5.11 Å². The number of benzene rings is 1. The molecule has 0 bridgehead atoms. The maximum Gasteiger partial charge on any atom is 0.105 e. The Morgan fingerprint density at radius 2 is 1.89 bits per heavy atom. The molecule has 0 spiro atoms. The predicted molar refractivity (Wildman–Crippen MR) is 77.2 cm³/mol. The van der Waals surface area contributed by atoms with Crippen LogP contribution in [0.5, 0.6) is 0 Å². The summed E-state index contributed by atoms with van der Waals surface area (Å²) >= 11 is 0. The van der Waals surface area contributed by atoms with Gasteiger partial charge in [-0.05, 0) is 37.1 Å². The van der Waals surface area contributed by atoms with Gasteiger partial charge in [-0.2, -0.15) is 0 Å². The predicted octanol–water partition coefficient (Wildman–Crippen LogP) is 3.67. The van der Waals surface area contributed by atoms with Crippen LogP contribution in [-0.2, 0) is 6.54 Å². The molecule has 3 heteroatoms. The van der Waals surface area contributed by atoms with Crippen molar-refractivity contribution in [2.45, 2.75) is 32.9 Å². The molecular formula is C16H21NO2. The first-order valence-corrected chi connectivity index (χ1v) is 6.64. The summed E-state index contributed by atoms with van der Waals surface area (Å²) in [6.45, 7) is 4.77. The number of aliphatic hydroxyl groups is 1. The van der Waals surface area contributed by atoms with Crippen LogP contribution in [0.4, 0.5) is 5.69 Å². The summed E-state index contributed by atoms with van der Waals surface area (Å²) in [7, 11) is 2.05. The third-order valence-corrected chi connectivity index (χ3v) is 3.48. The van der Waals surface area contributed by atoms with Crippen LogP contribution in [-0.4, -0.2) is 12.2 Å². The molecule has 1 aromatic heterocycles. The molecule has 0 unspecified atom stereocenters. The van der Waals surface area contributed by atoms with Crippen molar-refractivity contribution in [1.29, 1.82) is 0 Å². The van der Waals surface area contributed by atoms with Gasteiger partial charge in [-0.1, -0.05) is 19.1 Å². The third-order valence-electron chi connectivity index (χ3n) is 3.48. The van der Waals surface area contributed by atoms with Crippen LogP contribution in [0.3, 0.4) is 0 Å². The van der Waals surface area contributed by atoms with E-state index in [0.717, 1.165) is 30.0 Å². The molecule has 0 saturated heterocycles. The van der Waals surface area contributed by atoms with Crippen LogP contribution in [0.1, 0.15) is 36.3 Å². The Morgan fingerprint density at radius 3 is 2.42 bits per heavy atom. The molecule has 102 valence electrons. The molecule has 19 heavy (non-hydrogen) atoms.